The molecule has 0 saturated carbocycles. The van der Waals surface area contributed by atoms with Crippen molar-refractivity contribution in [2.75, 3.05) is 33.8 Å². The van der Waals surface area contributed by atoms with Gasteiger partial charge < -0.3 is 29.0 Å². The van der Waals surface area contributed by atoms with E-state index < -0.39 is 16.5 Å². The maximum absolute atomic E-state index is 12.9. The van der Waals surface area contributed by atoms with E-state index in [2.05, 4.69) is 5.32 Å². The van der Waals surface area contributed by atoms with Crippen molar-refractivity contribution in [3.63, 3.8) is 0 Å². The first-order valence-corrected chi connectivity index (χ1v) is 9.63. The van der Waals surface area contributed by atoms with Crippen molar-refractivity contribution in [2.45, 2.75) is 0 Å². The lowest BCUT2D eigenvalue weighted by molar-refractivity contribution is -0.386. The Hall–Kier alpha value is -4.47. The van der Waals surface area contributed by atoms with E-state index in [1.165, 1.54) is 27.4 Å². The first kappa shape index (κ1) is 23.2. The van der Waals surface area contributed by atoms with Crippen LogP contribution in [0.15, 0.2) is 54.6 Å². The Balaban J connectivity index is 1.87. The molecule has 0 bridgehead atoms. The molecule has 0 heterocycles. The van der Waals surface area contributed by atoms with Gasteiger partial charge >= 0.3 is 5.69 Å². The normalized spacial score (nSPS) is 10.2. The van der Waals surface area contributed by atoms with Gasteiger partial charge in [-0.2, -0.15) is 0 Å². The SMILES string of the molecule is COc1ccccc1Oc1ccc(NC(=O)c2cc(OC)c(OC)c(OC)c2[N+](=O)[O-])cc1. The van der Waals surface area contributed by atoms with Gasteiger partial charge in [0.15, 0.2) is 17.2 Å². The predicted octanol–water partition coefficient (Wildman–Crippen LogP) is 4.67. The van der Waals surface area contributed by atoms with Crippen LogP contribution in [0.1, 0.15) is 10.4 Å². The molecule has 10 nitrogen and oxygen atoms in total. The molecule has 3 aromatic rings. The minimum atomic E-state index is -0.723. The molecule has 0 saturated heterocycles. The minimum Gasteiger partial charge on any atom is -0.493 e. The van der Waals surface area contributed by atoms with Crippen molar-refractivity contribution < 1.29 is 33.4 Å². The minimum absolute atomic E-state index is 0.0149. The summed E-state index contributed by atoms with van der Waals surface area (Å²) in [6.45, 7) is 0. The number of carbonyl (C=O) groups excluding carboxylic acids is 1. The first-order valence-electron chi connectivity index (χ1n) is 9.63. The topological polar surface area (TPSA) is 118 Å². The van der Waals surface area contributed by atoms with Crippen LogP contribution in [0.4, 0.5) is 11.4 Å². The molecule has 0 aliphatic heterocycles. The van der Waals surface area contributed by atoms with Crippen molar-refractivity contribution in [2.24, 2.45) is 0 Å². The second-order valence-corrected chi connectivity index (χ2v) is 6.53. The molecule has 0 atom stereocenters. The number of carbonyl (C=O) groups is 1. The third-order valence-electron chi connectivity index (χ3n) is 4.64. The molecule has 0 fully saturated rings. The number of anilines is 1. The number of nitro groups is 1. The molecular weight excluding hydrogens is 432 g/mol. The highest BCUT2D eigenvalue weighted by atomic mass is 16.6. The number of ether oxygens (including phenoxy) is 5. The molecule has 0 aliphatic rings. The van der Waals surface area contributed by atoms with Gasteiger partial charge in [0.05, 0.1) is 33.4 Å². The highest BCUT2D eigenvalue weighted by molar-refractivity contribution is 6.08. The van der Waals surface area contributed by atoms with Crippen LogP contribution in [0.25, 0.3) is 0 Å². The van der Waals surface area contributed by atoms with Crippen LogP contribution in [0.3, 0.4) is 0 Å². The quantitative estimate of drug-likeness (QED) is 0.366. The van der Waals surface area contributed by atoms with Gasteiger partial charge in [-0.1, -0.05) is 12.1 Å². The number of nitrogens with zero attached hydrogens (tertiary/aromatic N) is 1. The van der Waals surface area contributed by atoms with Crippen LogP contribution < -0.4 is 29.0 Å². The summed E-state index contributed by atoms with van der Waals surface area (Å²) in [5.74, 6) is 0.810. The lowest BCUT2D eigenvalue weighted by Crippen LogP contribution is -2.15. The van der Waals surface area contributed by atoms with Gasteiger partial charge in [-0.05, 0) is 36.4 Å². The third-order valence-corrected chi connectivity index (χ3v) is 4.64. The van der Waals surface area contributed by atoms with Crippen LogP contribution in [0.5, 0.6) is 34.5 Å². The number of para-hydroxylation sites is 2. The van der Waals surface area contributed by atoms with Gasteiger partial charge in [0.25, 0.3) is 5.91 Å². The van der Waals surface area contributed by atoms with Crippen molar-refractivity contribution in [1.29, 1.82) is 0 Å². The number of benzene rings is 3. The van der Waals surface area contributed by atoms with Gasteiger partial charge in [-0.3, -0.25) is 14.9 Å². The van der Waals surface area contributed by atoms with Crippen LogP contribution in [0.2, 0.25) is 0 Å². The fourth-order valence-electron chi connectivity index (χ4n) is 3.13. The van der Waals surface area contributed by atoms with E-state index in [-0.39, 0.29) is 22.8 Å². The summed E-state index contributed by atoms with van der Waals surface area (Å²) in [7, 11) is 5.46. The Morgan fingerprint density at radius 3 is 1.97 bits per heavy atom. The largest absolute Gasteiger partial charge is 0.493 e. The zero-order valence-corrected chi connectivity index (χ0v) is 18.4. The van der Waals surface area contributed by atoms with Crippen LogP contribution in [0, 0.1) is 10.1 Å². The number of methoxy groups -OCH3 is 4. The van der Waals surface area contributed by atoms with Crippen molar-refractivity contribution >= 4 is 17.3 Å². The van der Waals surface area contributed by atoms with Crippen molar-refractivity contribution in [3.8, 4) is 34.5 Å². The molecule has 0 aromatic heterocycles. The van der Waals surface area contributed by atoms with Crippen LogP contribution in [-0.2, 0) is 0 Å². The van der Waals surface area contributed by atoms with E-state index in [9.17, 15) is 14.9 Å². The molecule has 10 heteroatoms. The zero-order valence-electron chi connectivity index (χ0n) is 18.4. The molecule has 0 aliphatic carbocycles. The summed E-state index contributed by atoms with van der Waals surface area (Å²) in [5.41, 5.74) is -0.386. The Morgan fingerprint density at radius 1 is 0.818 bits per heavy atom. The van der Waals surface area contributed by atoms with Gasteiger partial charge in [0.1, 0.15) is 11.3 Å². The highest BCUT2D eigenvalue weighted by Gasteiger charge is 2.32. The monoisotopic (exact) mass is 454 g/mol. The summed E-state index contributed by atoms with van der Waals surface area (Å²) >= 11 is 0. The summed E-state index contributed by atoms with van der Waals surface area (Å²) in [4.78, 5) is 23.9. The molecule has 172 valence electrons. The second kappa shape index (κ2) is 10.2. The summed E-state index contributed by atoms with van der Waals surface area (Å²) < 4.78 is 26.6. The van der Waals surface area contributed by atoms with E-state index in [0.29, 0.717) is 22.9 Å². The van der Waals surface area contributed by atoms with Crippen molar-refractivity contribution in [1.82, 2.24) is 0 Å². The van der Waals surface area contributed by atoms with Gasteiger partial charge in [0.2, 0.25) is 11.5 Å². The number of hydrogen-bond donors (Lipinski definition) is 1. The molecule has 1 amide bonds. The Kier molecular flexibility index (Phi) is 7.19. The molecule has 0 spiro atoms. The fraction of sp³-hybridized carbons (Fsp3) is 0.174. The highest BCUT2D eigenvalue weighted by Crippen LogP contribution is 2.46. The molecule has 3 rings (SSSR count). The Labute approximate surface area is 189 Å². The zero-order chi connectivity index (χ0) is 24.0. The smallest absolute Gasteiger partial charge is 0.327 e. The van der Waals surface area contributed by atoms with E-state index in [4.69, 9.17) is 23.7 Å². The van der Waals surface area contributed by atoms with E-state index in [1.807, 2.05) is 12.1 Å². The maximum Gasteiger partial charge on any atom is 0.327 e. The summed E-state index contributed by atoms with van der Waals surface area (Å²) in [5, 5.41) is 14.4. The molecule has 3 aromatic carbocycles. The van der Waals surface area contributed by atoms with Gasteiger partial charge in [0, 0.05) is 11.8 Å². The van der Waals surface area contributed by atoms with E-state index in [1.54, 1.807) is 43.5 Å². The fourth-order valence-corrected chi connectivity index (χ4v) is 3.13. The average molecular weight is 454 g/mol. The third kappa shape index (κ3) is 4.90. The van der Waals surface area contributed by atoms with Crippen molar-refractivity contribution in [3.05, 3.63) is 70.3 Å². The number of hydrogen-bond acceptors (Lipinski definition) is 8. The number of amides is 1. The van der Waals surface area contributed by atoms with Crippen LogP contribution in [-0.4, -0.2) is 39.3 Å². The Morgan fingerprint density at radius 2 is 1.42 bits per heavy atom. The number of nitrogens with one attached hydrogen (secondary N) is 1. The van der Waals surface area contributed by atoms with Gasteiger partial charge in [-0.15, -0.1) is 0 Å². The summed E-state index contributed by atoms with van der Waals surface area (Å²) in [6, 6.07) is 14.9. The molecule has 33 heavy (non-hydrogen) atoms. The summed E-state index contributed by atoms with van der Waals surface area (Å²) in [6.07, 6.45) is 0. The first-order chi connectivity index (χ1) is 15.9. The number of nitro benzene ring substituents is 1. The molecule has 0 radical (unpaired) electrons. The predicted molar refractivity (Wildman–Crippen MR) is 120 cm³/mol. The molecular formula is C23H22N2O8. The van der Waals surface area contributed by atoms with Crippen LogP contribution >= 0.6 is 0 Å². The second-order valence-electron chi connectivity index (χ2n) is 6.53. The lowest BCUT2D eigenvalue weighted by Gasteiger charge is -2.15. The Bertz CT molecular complexity index is 1160. The molecule has 0 unspecified atom stereocenters. The van der Waals surface area contributed by atoms with Gasteiger partial charge in [-0.25, -0.2) is 0 Å². The van der Waals surface area contributed by atoms with E-state index >= 15 is 0 Å². The van der Waals surface area contributed by atoms with E-state index in [0.717, 1.165) is 0 Å². The molecule has 1 N–H and O–H groups in total. The lowest BCUT2D eigenvalue weighted by atomic mass is 10.1. The average Bonchev–Trinajstić information content (AvgIpc) is 2.83. The maximum atomic E-state index is 12.9. The standard InChI is InChI=1S/C23H22N2O8/c1-29-17-7-5-6-8-18(17)33-15-11-9-14(10-12-15)24-23(26)16-13-19(30-2)21(31-3)22(32-4)20(16)25(27)28/h5-13H,1-4H3,(H,24,26). The number of rotatable bonds is 9.